The van der Waals surface area contributed by atoms with Gasteiger partial charge >= 0.3 is 0 Å². The van der Waals surface area contributed by atoms with Gasteiger partial charge in [-0.05, 0) is 23.8 Å². The Morgan fingerprint density at radius 1 is 1.38 bits per heavy atom. The Morgan fingerprint density at radius 2 is 2.05 bits per heavy atom. The average Bonchev–Trinajstić information content (AvgIpc) is 2.47. The van der Waals surface area contributed by atoms with E-state index in [0.29, 0.717) is 0 Å². The highest BCUT2D eigenvalue weighted by Gasteiger charge is 2.17. The highest BCUT2D eigenvalue weighted by Crippen LogP contribution is 2.20. The van der Waals surface area contributed by atoms with Crippen molar-refractivity contribution in [1.29, 1.82) is 0 Å². The van der Waals surface area contributed by atoms with Crippen molar-refractivity contribution >= 4 is 11.6 Å². The number of aromatic nitrogens is 1. The van der Waals surface area contributed by atoms with Gasteiger partial charge < -0.3 is 10.3 Å². The molecule has 7 heteroatoms. The highest BCUT2D eigenvalue weighted by atomic mass is 19.1. The number of hydrogen-bond donors (Lipinski definition) is 2. The molecule has 1 heterocycles. The number of pyridine rings is 1. The summed E-state index contributed by atoms with van der Waals surface area (Å²) in [6, 6.07) is 5.44. The summed E-state index contributed by atoms with van der Waals surface area (Å²) >= 11 is 0. The molecule has 0 saturated heterocycles. The number of anilines is 1. The van der Waals surface area contributed by atoms with Crippen LogP contribution < -0.4 is 11.3 Å². The zero-order valence-corrected chi connectivity index (χ0v) is 11.3. The van der Waals surface area contributed by atoms with Gasteiger partial charge in [0.05, 0.1) is 0 Å². The Labute approximate surface area is 120 Å². The standard InChI is InChI=1S/C14H14F2N4O/c1-20(8-9-3-2-4-18-7-9)14(21)10-5-11(15)13(19-17)12(16)6-10/h2-7,19H,8,17H2,1H3. The summed E-state index contributed by atoms with van der Waals surface area (Å²) in [5, 5.41) is 0. The van der Waals surface area contributed by atoms with Crippen LogP contribution in [0.4, 0.5) is 14.5 Å². The Morgan fingerprint density at radius 3 is 2.57 bits per heavy atom. The Hall–Kier alpha value is -2.54. The third-order valence-corrected chi connectivity index (χ3v) is 2.92. The van der Waals surface area contributed by atoms with E-state index in [1.54, 1.807) is 31.6 Å². The lowest BCUT2D eigenvalue weighted by Gasteiger charge is -2.17. The van der Waals surface area contributed by atoms with Gasteiger partial charge in [-0.15, -0.1) is 0 Å². The van der Waals surface area contributed by atoms with Crippen LogP contribution in [0.1, 0.15) is 15.9 Å². The maximum Gasteiger partial charge on any atom is 0.254 e. The maximum absolute atomic E-state index is 13.6. The second-order valence-corrected chi connectivity index (χ2v) is 4.48. The number of hydrazine groups is 1. The lowest BCUT2D eigenvalue weighted by atomic mass is 10.1. The van der Waals surface area contributed by atoms with Crippen molar-refractivity contribution in [3.63, 3.8) is 0 Å². The molecule has 110 valence electrons. The summed E-state index contributed by atoms with van der Waals surface area (Å²) in [6.45, 7) is 0.285. The third kappa shape index (κ3) is 3.32. The molecule has 21 heavy (non-hydrogen) atoms. The summed E-state index contributed by atoms with van der Waals surface area (Å²) in [5.74, 6) is 2.67. The first-order valence-electron chi connectivity index (χ1n) is 6.13. The summed E-state index contributed by atoms with van der Waals surface area (Å²) in [7, 11) is 1.54. The number of carbonyl (C=O) groups is 1. The van der Waals surface area contributed by atoms with Crippen molar-refractivity contribution in [3.8, 4) is 0 Å². The monoisotopic (exact) mass is 292 g/mol. The van der Waals surface area contributed by atoms with Crippen LogP contribution in [-0.4, -0.2) is 22.8 Å². The maximum atomic E-state index is 13.6. The summed E-state index contributed by atoms with van der Waals surface area (Å²) in [5.41, 5.74) is 2.17. The molecule has 5 nitrogen and oxygen atoms in total. The normalized spacial score (nSPS) is 10.3. The van der Waals surface area contributed by atoms with Crippen LogP contribution in [0.25, 0.3) is 0 Å². The molecule has 0 unspecified atom stereocenters. The second-order valence-electron chi connectivity index (χ2n) is 4.48. The van der Waals surface area contributed by atoms with Crippen molar-refractivity contribution in [2.45, 2.75) is 6.54 Å². The Balaban J connectivity index is 2.20. The highest BCUT2D eigenvalue weighted by molar-refractivity contribution is 5.94. The van der Waals surface area contributed by atoms with Crippen LogP contribution in [0.15, 0.2) is 36.7 Å². The van der Waals surface area contributed by atoms with E-state index in [1.807, 2.05) is 5.43 Å². The lowest BCUT2D eigenvalue weighted by molar-refractivity contribution is 0.0784. The molecule has 2 rings (SSSR count). The molecule has 2 aromatic rings. The number of hydrogen-bond acceptors (Lipinski definition) is 4. The van der Waals surface area contributed by atoms with Gasteiger partial charge in [0, 0.05) is 31.5 Å². The largest absolute Gasteiger partial charge is 0.337 e. The van der Waals surface area contributed by atoms with E-state index < -0.39 is 23.2 Å². The third-order valence-electron chi connectivity index (χ3n) is 2.92. The molecule has 0 spiro atoms. The number of nitrogens with one attached hydrogen (secondary N) is 1. The van der Waals surface area contributed by atoms with Gasteiger partial charge in [0.15, 0.2) is 11.6 Å². The number of nitrogen functional groups attached to an aromatic ring is 1. The van der Waals surface area contributed by atoms with Gasteiger partial charge in [-0.25, -0.2) is 8.78 Å². The lowest BCUT2D eigenvalue weighted by Crippen LogP contribution is -2.26. The quantitative estimate of drug-likeness (QED) is 0.667. The molecular formula is C14H14F2N4O. The van der Waals surface area contributed by atoms with Crippen LogP contribution in [0.3, 0.4) is 0 Å². The molecule has 1 aromatic carbocycles. The van der Waals surface area contributed by atoms with Crippen molar-refractivity contribution in [2.24, 2.45) is 5.84 Å². The van der Waals surface area contributed by atoms with Crippen LogP contribution in [0.2, 0.25) is 0 Å². The molecule has 3 N–H and O–H groups in total. The predicted octanol–water partition coefficient (Wildman–Crippen LogP) is 1.92. The van der Waals surface area contributed by atoms with Gasteiger partial charge in [0.2, 0.25) is 0 Å². The van der Waals surface area contributed by atoms with Crippen molar-refractivity contribution in [1.82, 2.24) is 9.88 Å². The van der Waals surface area contributed by atoms with Crippen LogP contribution in [0.5, 0.6) is 0 Å². The second kappa shape index (κ2) is 6.27. The van der Waals surface area contributed by atoms with Crippen molar-refractivity contribution in [2.75, 3.05) is 12.5 Å². The average molecular weight is 292 g/mol. The van der Waals surface area contributed by atoms with Gasteiger partial charge in [0.1, 0.15) is 5.69 Å². The molecule has 1 amide bonds. The fraction of sp³-hybridized carbons (Fsp3) is 0.143. The smallest absolute Gasteiger partial charge is 0.254 e. The van der Waals surface area contributed by atoms with Gasteiger partial charge in [-0.2, -0.15) is 0 Å². The molecule has 0 fully saturated rings. The van der Waals surface area contributed by atoms with E-state index in [0.717, 1.165) is 17.7 Å². The summed E-state index contributed by atoms with van der Waals surface area (Å²) < 4.78 is 27.2. The zero-order valence-electron chi connectivity index (χ0n) is 11.3. The first kappa shape index (κ1) is 14.9. The molecule has 1 aromatic heterocycles. The van der Waals surface area contributed by atoms with E-state index in [4.69, 9.17) is 5.84 Å². The summed E-state index contributed by atoms with van der Waals surface area (Å²) in [6.07, 6.45) is 3.24. The molecule has 0 bridgehead atoms. The van der Waals surface area contributed by atoms with E-state index in [1.165, 1.54) is 4.90 Å². The Kier molecular flexibility index (Phi) is 4.44. The molecule has 0 radical (unpaired) electrons. The van der Waals surface area contributed by atoms with Crippen LogP contribution >= 0.6 is 0 Å². The Bertz CT molecular complexity index is 626. The van der Waals surface area contributed by atoms with E-state index in [9.17, 15) is 13.6 Å². The summed E-state index contributed by atoms with van der Waals surface area (Å²) in [4.78, 5) is 17.5. The number of benzene rings is 1. The first-order chi connectivity index (χ1) is 10.0. The molecule has 0 aliphatic carbocycles. The number of rotatable bonds is 4. The van der Waals surface area contributed by atoms with Crippen molar-refractivity contribution < 1.29 is 13.6 Å². The number of halogens is 2. The number of carbonyl (C=O) groups excluding carboxylic acids is 1. The molecule has 0 aliphatic heterocycles. The fourth-order valence-electron chi connectivity index (χ4n) is 1.89. The molecule has 0 saturated carbocycles. The minimum Gasteiger partial charge on any atom is -0.337 e. The number of nitrogens with two attached hydrogens (primary N) is 1. The topological polar surface area (TPSA) is 71.2 Å². The minimum atomic E-state index is -0.921. The predicted molar refractivity (Wildman–Crippen MR) is 74.2 cm³/mol. The minimum absolute atomic E-state index is 0.0876. The van der Waals surface area contributed by atoms with Crippen molar-refractivity contribution in [3.05, 3.63) is 59.4 Å². The van der Waals surface area contributed by atoms with Gasteiger partial charge in [0.25, 0.3) is 5.91 Å². The molecular weight excluding hydrogens is 278 g/mol. The van der Waals surface area contributed by atoms with Gasteiger partial charge in [-0.1, -0.05) is 6.07 Å². The first-order valence-corrected chi connectivity index (χ1v) is 6.13. The fourth-order valence-corrected chi connectivity index (χ4v) is 1.89. The zero-order chi connectivity index (χ0) is 15.4. The molecule has 0 aliphatic rings. The van der Waals surface area contributed by atoms with Crippen LogP contribution in [-0.2, 0) is 6.54 Å². The number of nitrogens with zero attached hydrogens (tertiary/aromatic N) is 2. The van der Waals surface area contributed by atoms with E-state index >= 15 is 0 Å². The van der Waals surface area contributed by atoms with Crippen LogP contribution in [0, 0.1) is 11.6 Å². The van der Waals surface area contributed by atoms with E-state index in [2.05, 4.69) is 4.98 Å². The molecule has 0 atom stereocenters. The van der Waals surface area contributed by atoms with Gasteiger partial charge in [-0.3, -0.25) is 15.6 Å². The van der Waals surface area contributed by atoms with E-state index in [-0.39, 0.29) is 12.1 Å². The SMILES string of the molecule is CN(Cc1cccnc1)C(=O)c1cc(F)c(NN)c(F)c1. The number of amides is 1.